The number of benzene rings is 2. The van der Waals surface area contributed by atoms with Gasteiger partial charge >= 0.3 is 5.97 Å². The van der Waals surface area contributed by atoms with E-state index < -0.39 is 12.0 Å². The summed E-state index contributed by atoms with van der Waals surface area (Å²) in [5, 5.41) is 0.680. The van der Waals surface area contributed by atoms with Crippen LogP contribution in [0.5, 0.6) is 0 Å². The molecule has 8 heteroatoms. The summed E-state index contributed by atoms with van der Waals surface area (Å²) in [4.78, 5) is 34.0. The average molecular weight is 453 g/mol. The van der Waals surface area contributed by atoms with Crippen LogP contribution >= 0.6 is 11.6 Å². The predicted molar refractivity (Wildman–Crippen MR) is 123 cm³/mol. The maximum atomic E-state index is 13.4. The number of ether oxygens (including phenoxy) is 1. The summed E-state index contributed by atoms with van der Waals surface area (Å²) in [6.45, 7) is 0.874. The van der Waals surface area contributed by atoms with Crippen LogP contribution in [0.2, 0.25) is 5.02 Å². The van der Waals surface area contributed by atoms with Gasteiger partial charge in [-0.05, 0) is 42.0 Å². The molecule has 1 unspecified atom stereocenters. The van der Waals surface area contributed by atoms with Crippen molar-refractivity contribution in [3.8, 4) is 0 Å². The summed E-state index contributed by atoms with van der Waals surface area (Å²) in [6, 6.07) is 14.3. The minimum Gasteiger partial charge on any atom is -0.467 e. The smallest absolute Gasteiger partial charge is 0.329 e. The van der Waals surface area contributed by atoms with Gasteiger partial charge in [0.05, 0.1) is 31.4 Å². The number of amides is 1. The molecule has 166 valence electrons. The van der Waals surface area contributed by atoms with Crippen molar-refractivity contribution >= 4 is 29.2 Å². The Morgan fingerprint density at radius 2 is 1.81 bits per heavy atom. The SMILES string of the molecule is COC(=O)C1Cc2ncn(Cc3ccc(Cl)cc3)c2CN1C(=O)c1ccc(N(C)C)cc1. The van der Waals surface area contributed by atoms with Crippen LogP contribution in [0.4, 0.5) is 5.69 Å². The van der Waals surface area contributed by atoms with E-state index in [-0.39, 0.29) is 12.5 Å². The zero-order chi connectivity index (χ0) is 22.8. The number of aromatic nitrogens is 2. The molecule has 1 aromatic heterocycles. The normalized spacial score (nSPS) is 15.2. The number of hydrogen-bond donors (Lipinski definition) is 0. The first kappa shape index (κ1) is 21.9. The highest BCUT2D eigenvalue weighted by Crippen LogP contribution is 2.26. The zero-order valence-corrected chi connectivity index (χ0v) is 19.0. The van der Waals surface area contributed by atoms with Gasteiger partial charge < -0.3 is 19.1 Å². The Balaban J connectivity index is 1.64. The fourth-order valence-electron chi connectivity index (χ4n) is 3.92. The van der Waals surface area contributed by atoms with Crippen molar-refractivity contribution in [2.45, 2.75) is 25.6 Å². The number of carbonyl (C=O) groups is 2. The van der Waals surface area contributed by atoms with E-state index in [1.807, 2.05) is 60.0 Å². The molecule has 0 aliphatic carbocycles. The number of methoxy groups -OCH3 is 1. The highest BCUT2D eigenvalue weighted by molar-refractivity contribution is 6.30. The molecule has 2 aromatic carbocycles. The molecule has 1 amide bonds. The number of imidazole rings is 1. The lowest BCUT2D eigenvalue weighted by Gasteiger charge is -2.34. The van der Waals surface area contributed by atoms with Gasteiger partial charge in [0, 0.05) is 43.3 Å². The van der Waals surface area contributed by atoms with Crippen LogP contribution < -0.4 is 4.90 Å². The largest absolute Gasteiger partial charge is 0.467 e. The number of nitrogens with zero attached hydrogens (tertiary/aromatic N) is 4. The summed E-state index contributed by atoms with van der Waals surface area (Å²) < 4.78 is 7.01. The van der Waals surface area contributed by atoms with Crippen LogP contribution in [0.25, 0.3) is 0 Å². The maximum Gasteiger partial charge on any atom is 0.329 e. The van der Waals surface area contributed by atoms with E-state index >= 15 is 0 Å². The monoisotopic (exact) mass is 452 g/mol. The zero-order valence-electron chi connectivity index (χ0n) is 18.3. The summed E-state index contributed by atoms with van der Waals surface area (Å²) in [5.74, 6) is -0.656. The minimum absolute atomic E-state index is 0.212. The topological polar surface area (TPSA) is 67.7 Å². The van der Waals surface area contributed by atoms with E-state index in [0.717, 1.165) is 22.6 Å². The summed E-state index contributed by atoms with van der Waals surface area (Å²) >= 11 is 6.00. The van der Waals surface area contributed by atoms with E-state index in [9.17, 15) is 9.59 Å². The molecule has 0 fully saturated rings. The maximum absolute atomic E-state index is 13.4. The van der Waals surface area contributed by atoms with Gasteiger partial charge in [0.15, 0.2) is 0 Å². The highest BCUT2D eigenvalue weighted by atomic mass is 35.5. The van der Waals surface area contributed by atoms with E-state index in [1.54, 1.807) is 23.4 Å². The van der Waals surface area contributed by atoms with Crippen molar-refractivity contribution in [3.63, 3.8) is 0 Å². The van der Waals surface area contributed by atoms with Gasteiger partial charge in [-0.3, -0.25) is 4.79 Å². The van der Waals surface area contributed by atoms with E-state index in [4.69, 9.17) is 16.3 Å². The van der Waals surface area contributed by atoms with Gasteiger partial charge in [0.25, 0.3) is 5.91 Å². The Labute approximate surface area is 192 Å². The predicted octanol–water partition coefficient (Wildman–Crippen LogP) is 3.39. The summed E-state index contributed by atoms with van der Waals surface area (Å²) in [7, 11) is 5.22. The molecule has 3 aromatic rings. The molecule has 0 radical (unpaired) electrons. The van der Waals surface area contributed by atoms with Crippen LogP contribution in [0.3, 0.4) is 0 Å². The van der Waals surface area contributed by atoms with Crippen molar-refractivity contribution in [1.82, 2.24) is 14.5 Å². The number of fused-ring (bicyclic) bond motifs is 1. The fraction of sp³-hybridized carbons (Fsp3) is 0.292. The van der Waals surface area contributed by atoms with Crippen LogP contribution in [-0.4, -0.2) is 53.6 Å². The third-order valence-electron chi connectivity index (χ3n) is 5.75. The third-order valence-corrected chi connectivity index (χ3v) is 6.00. The second-order valence-corrected chi connectivity index (χ2v) is 8.45. The van der Waals surface area contributed by atoms with Gasteiger partial charge in [-0.1, -0.05) is 23.7 Å². The second kappa shape index (κ2) is 9.04. The number of rotatable bonds is 5. The Bertz CT molecular complexity index is 1120. The van der Waals surface area contributed by atoms with Crippen molar-refractivity contribution in [2.75, 3.05) is 26.1 Å². The molecule has 7 nitrogen and oxygen atoms in total. The van der Waals surface area contributed by atoms with E-state index in [1.165, 1.54) is 7.11 Å². The molecule has 2 heterocycles. The molecule has 1 aliphatic heterocycles. The number of esters is 1. The van der Waals surface area contributed by atoms with Gasteiger partial charge in [-0.25, -0.2) is 9.78 Å². The van der Waals surface area contributed by atoms with Crippen LogP contribution in [-0.2, 0) is 29.0 Å². The minimum atomic E-state index is -0.715. The first-order valence-electron chi connectivity index (χ1n) is 10.3. The Morgan fingerprint density at radius 3 is 2.44 bits per heavy atom. The average Bonchev–Trinajstić information content (AvgIpc) is 3.20. The first-order chi connectivity index (χ1) is 15.4. The van der Waals surface area contributed by atoms with Crippen LogP contribution in [0, 0.1) is 0 Å². The molecule has 0 spiro atoms. The molecular weight excluding hydrogens is 428 g/mol. The highest BCUT2D eigenvalue weighted by Gasteiger charge is 2.38. The lowest BCUT2D eigenvalue weighted by Crippen LogP contribution is -2.49. The van der Waals surface area contributed by atoms with Crippen molar-refractivity contribution in [2.24, 2.45) is 0 Å². The molecule has 0 saturated carbocycles. The van der Waals surface area contributed by atoms with Crippen molar-refractivity contribution < 1.29 is 14.3 Å². The molecule has 1 atom stereocenters. The van der Waals surface area contributed by atoms with E-state index in [2.05, 4.69) is 4.98 Å². The Morgan fingerprint density at radius 1 is 1.12 bits per heavy atom. The summed E-state index contributed by atoms with van der Waals surface area (Å²) in [5.41, 5.74) is 4.31. The van der Waals surface area contributed by atoms with Gasteiger partial charge in [-0.15, -0.1) is 0 Å². The van der Waals surface area contributed by atoms with Gasteiger partial charge in [0.1, 0.15) is 6.04 Å². The van der Waals surface area contributed by atoms with Crippen molar-refractivity contribution in [3.05, 3.63) is 82.4 Å². The Hall–Kier alpha value is -3.32. The van der Waals surface area contributed by atoms with Crippen LogP contribution in [0.15, 0.2) is 54.9 Å². The quantitative estimate of drug-likeness (QED) is 0.555. The first-order valence-corrected chi connectivity index (χ1v) is 10.7. The molecule has 0 saturated heterocycles. The Kier molecular flexibility index (Phi) is 6.19. The van der Waals surface area contributed by atoms with Gasteiger partial charge in [-0.2, -0.15) is 0 Å². The molecule has 1 aliphatic rings. The molecule has 0 bridgehead atoms. The molecule has 0 N–H and O–H groups in total. The standard InChI is InChI=1S/C24H25ClN4O3/c1-27(2)19-10-6-17(7-11-19)23(30)29-14-22-20(12-21(29)24(31)32-3)26-15-28(22)13-16-4-8-18(25)9-5-16/h4-11,15,21H,12-14H2,1-3H3. The lowest BCUT2D eigenvalue weighted by molar-refractivity contribution is -0.146. The second-order valence-electron chi connectivity index (χ2n) is 8.01. The van der Waals surface area contributed by atoms with Crippen LogP contribution in [0.1, 0.15) is 27.3 Å². The summed E-state index contributed by atoms with van der Waals surface area (Å²) in [6.07, 6.45) is 2.07. The van der Waals surface area contributed by atoms with Crippen molar-refractivity contribution in [1.29, 1.82) is 0 Å². The van der Waals surface area contributed by atoms with Gasteiger partial charge in [0.2, 0.25) is 0 Å². The fourth-order valence-corrected chi connectivity index (χ4v) is 4.04. The van der Waals surface area contributed by atoms with E-state index in [0.29, 0.717) is 23.6 Å². The molecular formula is C24H25ClN4O3. The number of hydrogen-bond acceptors (Lipinski definition) is 5. The third kappa shape index (κ3) is 4.34. The number of anilines is 1. The lowest BCUT2D eigenvalue weighted by atomic mass is 10.0. The number of halogens is 1. The molecule has 4 rings (SSSR count). The molecule has 32 heavy (non-hydrogen) atoms. The number of carbonyl (C=O) groups excluding carboxylic acids is 2.